The number of carbonyl (C=O) groups excluding carboxylic acids is 2. The van der Waals surface area contributed by atoms with Crippen LogP contribution in [-0.2, 0) is 9.53 Å². The van der Waals surface area contributed by atoms with Gasteiger partial charge in [-0.05, 0) is 33.6 Å². The van der Waals surface area contributed by atoms with Gasteiger partial charge in [-0.25, -0.2) is 4.79 Å². The van der Waals surface area contributed by atoms with E-state index in [1.165, 1.54) is 11.8 Å². The summed E-state index contributed by atoms with van der Waals surface area (Å²) in [5.41, 5.74) is -1.79. The van der Waals surface area contributed by atoms with Gasteiger partial charge < -0.3 is 15.0 Å². The number of hydrogen-bond donors (Lipinski definition) is 1. The zero-order chi connectivity index (χ0) is 17.7. The van der Waals surface area contributed by atoms with Gasteiger partial charge in [-0.15, -0.1) is 0 Å². The van der Waals surface area contributed by atoms with Crippen molar-refractivity contribution in [3.8, 4) is 0 Å². The highest BCUT2D eigenvalue weighted by Gasteiger charge is 2.47. The lowest BCUT2D eigenvalue weighted by atomic mass is 9.85. The zero-order valence-electron chi connectivity index (χ0n) is 14.4. The summed E-state index contributed by atoms with van der Waals surface area (Å²) in [5, 5.41) is 14.2. The third kappa shape index (κ3) is 6.03. The van der Waals surface area contributed by atoms with Crippen LogP contribution in [0.2, 0.25) is 0 Å². The van der Waals surface area contributed by atoms with Crippen molar-refractivity contribution in [1.82, 2.24) is 10.2 Å². The number of nitrogens with one attached hydrogen (secondary N) is 1. The minimum absolute atomic E-state index is 0.0506. The largest absolute Gasteiger partial charge is 0.444 e. The van der Waals surface area contributed by atoms with E-state index >= 15 is 0 Å². The standard InChI is InChI=1S/C15H27N3O5/c1-12(19)16-9-5-7-15(18(21)22)8-6-10-17(11-15)13(20)23-14(2,3)4/h5-11H2,1-4H3,(H,16,19). The normalized spacial score (nSPS) is 21.7. The Balaban J connectivity index is 2.70. The summed E-state index contributed by atoms with van der Waals surface area (Å²) in [6, 6.07) is 0. The van der Waals surface area contributed by atoms with Gasteiger partial charge in [0.05, 0.1) is 6.54 Å². The Bertz CT molecular complexity index is 461. The van der Waals surface area contributed by atoms with Crippen LogP contribution >= 0.6 is 0 Å². The van der Waals surface area contributed by atoms with Crippen molar-refractivity contribution in [2.24, 2.45) is 0 Å². The highest BCUT2D eigenvalue weighted by atomic mass is 16.6. The molecule has 0 aromatic carbocycles. The van der Waals surface area contributed by atoms with Crippen molar-refractivity contribution in [2.45, 2.75) is 64.5 Å². The molecule has 0 aromatic rings. The van der Waals surface area contributed by atoms with Crippen LogP contribution in [0.3, 0.4) is 0 Å². The van der Waals surface area contributed by atoms with Crippen molar-refractivity contribution in [3.05, 3.63) is 10.1 Å². The van der Waals surface area contributed by atoms with Gasteiger partial charge in [0.2, 0.25) is 11.4 Å². The minimum Gasteiger partial charge on any atom is -0.444 e. The van der Waals surface area contributed by atoms with E-state index < -0.39 is 17.2 Å². The van der Waals surface area contributed by atoms with E-state index in [9.17, 15) is 19.7 Å². The summed E-state index contributed by atoms with van der Waals surface area (Å²) in [7, 11) is 0. The topological polar surface area (TPSA) is 102 Å². The fourth-order valence-electron chi connectivity index (χ4n) is 2.72. The molecule has 1 rings (SSSR count). The lowest BCUT2D eigenvalue weighted by Crippen LogP contribution is -2.55. The van der Waals surface area contributed by atoms with Crippen LogP contribution in [-0.4, -0.2) is 52.6 Å². The Kier molecular flexibility index (Phi) is 6.35. The highest BCUT2D eigenvalue weighted by Crippen LogP contribution is 2.30. The molecule has 8 heteroatoms. The molecule has 8 nitrogen and oxygen atoms in total. The Morgan fingerprint density at radius 2 is 2.04 bits per heavy atom. The third-order valence-electron chi connectivity index (χ3n) is 3.79. The van der Waals surface area contributed by atoms with E-state index in [0.717, 1.165) is 0 Å². The van der Waals surface area contributed by atoms with Crippen LogP contribution < -0.4 is 5.32 Å². The van der Waals surface area contributed by atoms with Crippen LogP contribution in [0.25, 0.3) is 0 Å². The Hall–Kier alpha value is -1.86. The Morgan fingerprint density at radius 1 is 1.39 bits per heavy atom. The Labute approximate surface area is 136 Å². The molecule has 1 saturated heterocycles. The van der Waals surface area contributed by atoms with E-state index in [2.05, 4.69) is 5.32 Å². The number of carbonyl (C=O) groups is 2. The van der Waals surface area contributed by atoms with E-state index in [4.69, 9.17) is 4.74 Å². The van der Waals surface area contributed by atoms with Gasteiger partial charge in [-0.3, -0.25) is 14.9 Å². The summed E-state index contributed by atoms with van der Waals surface area (Å²) >= 11 is 0. The van der Waals surface area contributed by atoms with Crippen LogP contribution in [0, 0.1) is 10.1 Å². The van der Waals surface area contributed by atoms with E-state index in [1.54, 1.807) is 20.8 Å². The first-order chi connectivity index (χ1) is 10.6. The lowest BCUT2D eigenvalue weighted by molar-refractivity contribution is -0.575. The van der Waals surface area contributed by atoms with Crippen molar-refractivity contribution in [1.29, 1.82) is 0 Å². The number of hydrogen-bond acceptors (Lipinski definition) is 5. The number of nitrogens with zero attached hydrogens (tertiary/aromatic N) is 2. The zero-order valence-corrected chi connectivity index (χ0v) is 14.4. The molecule has 0 aliphatic carbocycles. The molecule has 0 spiro atoms. The van der Waals surface area contributed by atoms with Crippen molar-refractivity contribution in [3.63, 3.8) is 0 Å². The van der Waals surface area contributed by atoms with Crippen LogP contribution in [0.1, 0.15) is 53.4 Å². The number of piperidine rings is 1. The van der Waals surface area contributed by atoms with Gasteiger partial charge in [0.15, 0.2) is 0 Å². The molecule has 0 radical (unpaired) electrons. The maximum atomic E-state index is 12.2. The maximum Gasteiger partial charge on any atom is 0.410 e. The average Bonchev–Trinajstić information content (AvgIpc) is 2.41. The van der Waals surface area contributed by atoms with Gasteiger partial charge in [0.25, 0.3) is 0 Å². The SMILES string of the molecule is CC(=O)NCCCC1([N+](=O)[O-])CCCN(C(=O)OC(C)(C)C)C1. The molecule has 2 amide bonds. The van der Waals surface area contributed by atoms with Gasteiger partial charge in [-0.2, -0.15) is 0 Å². The number of likely N-dealkylation sites (tertiary alicyclic amines) is 1. The fourth-order valence-corrected chi connectivity index (χ4v) is 2.72. The molecular weight excluding hydrogens is 302 g/mol. The molecule has 1 aliphatic rings. The molecule has 0 bridgehead atoms. The van der Waals surface area contributed by atoms with Gasteiger partial charge in [0.1, 0.15) is 5.60 Å². The molecule has 1 heterocycles. The summed E-state index contributed by atoms with van der Waals surface area (Å²) in [4.78, 5) is 35.8. The quantitative estimate of drug-likeness (QED) is 0.472. The first-order valence-electron chi connectivity index (χ1n) is 7.93. The highest BCUT2D eigenvalue weighted by molar-refractivity contribution is 5.72. The summed E-state index contributed by atoms with van der Waals surface area (Å²) < 4.78 is 5.31. The molecular formula is C15H27N3O5. The second-order valence-corrected chi connectivity index (χ2v) is 7.07. The number of ether oxygens (including phenoxy) is 1. The van der Waals surface area contributed by atoms with Crippen LogP contribution in [0.4, 0.5) is 4.79 Å². The molecule has 0 aromatic heterocycles. The number of nitro groups is 1. The second kappa shape index (κ2) is 7.61. The first kappa shape index (κ1) is 19.2. The molecule has 1 unspecified atom stereocenters. The van der Waals surface area contributed by atoms with E-state index in [-0.39, 0.29) is 17.4 Å². The van der Waals surface area contributed by atoms with Crippen molar-refractivity contribution >= 4 is 12.0 Å². The Morgan fingerprint density at radius 3 is 2.57 bits per heavy atom. The maximum absolute atomic E-state index is 12.2. The van der Waals surface area contributed by atoms with Gasteiger partial charge in [-0.1, -0.05) is 0 Å². The predicted octanol–water partition coefficient (Wildman–Crippen LogP) is 1.95. The lowest BCUT2D eigenvalue weighted by Gasteiger charge is -2.37. The molecule has 1 N–H and O–H groups in total. The molecule has 1 fully saturated rings. The van der Waals surface area contributed by atoms with Crippen LogP contribution in [0.5, 0.6) is 0 Å². The van der Waals surface area contributed by atoms with Gasteiger partial charge >= 0.3 is 6.09 Å². The first-order valence-corrected chi connectivity index (χ1v) is 7.93. The van der Waals surface area contributed by atoms with Crippen LogP contribution in [0.15, 0.2) is 0 Å². The van der Waals surface area contributed by atoms with E-state index in [1.807, 2.05) is 0 Å². The smallest absolute Gasteiger partial charge is 0.410 e. The van der Waals surface area contributed by atoms with E-state index in [0.29, 0.717) is 38.8 Å². The molecule has 132 valence electrons. The number of amides is 2. The minimum atomic E-state index is -1.16. The molecule has 23 heavy (non-hydrogen) atoms. The summed E-state index contributed by atoms with van der Waals surface area (Å²) in [5.74, 6) is -0.154. The average molecular weight is 329 g/mol. The number of rotatable bonds is 5. The third-order valence-corrected chi connectivity index (χ3v) is 3.79. The molecule has 1 atom stereocenters. The summed E-state index contributed by atoms with van der Waals surface area (Å²) in [6.45, 7) is 7.63. The van der Waals surface area contributed by atoms with Crippen molar-refractivity contribution in [2.75, 3.05) is 19.6 Å². The molecule has 1 aliphatic heterocycles. The summed E-state index contributed by atoms with van der Waals surface area (Å²) in [6.07, 6.45) is 1.31. The fraction of sp³-hybridized carbons (Fsp3) is 0.867. The second-order valence-electron chi connectivity index (χ2n) is 7.07. The predicted molar refractivity (Wildman–Crippen MR) is 84.7 cm³/mol. The van der Waals surface area contributed by atoms with Gasteiger partial charge in [0, 0.05) is 37.8 Å². The molecule has 0 saturated carbocycles. The van der Waals surface area contributed by atoms with Crippen molar-refractivity contribution < 1.29 is 19.2 Å². The monoisotopic (exact) mass is 329 g/mol.